The number of carbonyl (C=O) groups is 1. The normalized spacial score (nSPS) is 11.1. The van der Waals surface area contributed by atoms with Gasteiger partial charge >= 0.3 is 0 Å². The van der Waals surface area contributed by atoms with Gasteiger partial charge in [-0.15, -0.1) is 0 Å². The van der Waals surface area contributed by atoms with Crippen LogP contribution in [0.15, 0.2) is 85.2 Å². The first-order valence-corrected chi connectivity index (χ1v) is 13.6. The number of pyridine rings is 2. The van der Waals surface area contributed by atoms with Gasteiger partial charge in [-0.1, -0.05) is 13.8 Å². The Labute approximate surface area is 240 Å². The summed E-state index contributed by atoms with van der Waals surface area (Å²) in [5.41, 5.74) is 5.82. The van der Waals surface area contributed by atoms with Gasteiger partial charge in [0.05, 0.1) is 11.4 Å². The molecule has 6 rings (SSSR count). The smallest absolute Gasteiger partial charge is 0.231 e. The third-order valence-electron chi connectivity index (χ3n) is 7.06. The maximum Gasteiger partial charge on any atom is 0.231 e. The van der Waals surface area contributed by atoms with Gasteiger partial charge in [0.25, 0.3) is 0 Å². The lowest BCUT2D eigenvalue weighted by Crippen LogP contribution is -2.11. The molecule has 208 valence electrons. The first-order chi connectivity index (χ1) is 20.5. The van der Waals surface area contributed by atoms with Crippen molar-refractivity contribution in [2.45, 2.75) is 26.7 Å². The molecule has 0 fully saturated rings. The van der Waals surface area contributed by atoms with Crippen molar-refractivity contribution < 1.29 is 13.6 Å². The number of halogens is 2. The van der Waals surface area contributed by atoms with E-state index in [1.54, 1.807) is 48.8 Å². The van der Waals surface area contributed by atoms with Gasteiger partial charge in [0.2, 0.25) is 5.78 Å². The molecule has 0 atom stereocenters. The highest BCUT2D eigenvalue weighted by Gasteiger charge is 2.26. The van der Waals surface area contributed by atoms with Crippen molar-refractivity contribution in [3.8, 4) is 45.3 Å². The predicted octanol–water partition coefficient (Wildman–Crippen LogP) is 7.22. The second-order valence-electron chi connectivity index (χ2n) is 9.67. The fourth-order valence-electron chi connectivity index (χ4n) is 4.93. The Morgan fingerprint density at radius 3 is 1.43 bits per heavy atom. The topological polar surface area (TPSA) is 100 Å². The highest BCUT2D eigenvalue weighted by Crippen LogP contribution is 2.33. The standard InChI is InChI=1S/C33H26F2N6O/c1-3-25-27(40-32(38-25)19-9-13-21(34)14-10-19)23-7-5-17-36-29(23)31(42)30-24(8-6-18-37-30)28-26(4-2)39-33(41-28)20-11-15-22(35)16-12-20/h5-18H,3-4H2,1-2H3,(H,38,40)(H,39,41). The van der Waals surface area contributed by atoms with E-state index in [1.807, 2.05) is 26.0 Å². The quantitative estimate of drug-likeness (QED) is 0.191. The second-order valence-corrected chi connectivity index (χ2v) is 9.67. The van der Waals surface area contributed by atoms with E-state index in [0.29, 0.717) is 47.0 Å². The summed E-state index contributed by atoms with van der Waals surface area (Å²) in [6.07, 6.45) is 4.38. The van der Waals surface area contributed by atoms with Gasteiger partial charge in [-0.25, -0.2) is 18.7 Å². The van der Waals surface area contributed by atoms with Crippen LogP contribution in [0.4, 0.5) is 8.78 Å². The van der Waals surface area contributed by atoms with Gasteiger partial charge in [0.15, 0.2) is 0 Å². The minimum atomic E-state index is -0.372. The van der Waals surface area contributed by atoms with Gasteiger partial charge in [0, 0.05) is 46.0 Å². The SMILES string of the molecule is CCc1[nH]c(-c2ccc(F)cc2)nc1-c1cccnc1C(=O)c1ncccc1-c1nc(-c2ccc(F)cc2)[nH]c1CC. The maximum atomic E-state index is 14.2. The Hall–Kier alpha value is -5.31. The van der Waals surface area contributed by atoms with E-state index in [9.17, 15) is 13.6 Å². The van der Waals surface area contributed by atoms with Crippen LogP contribution in [0.1, 0.15) is 41.4 Å². The minimum Gasteiger partial charge on any atom is -0.341 e. The fourth-order valence-corrected chi connectivity index (χ4v) is 4.93. The Kier molecular flexibility index (Phi) is 7.23. The third kappa shape index (κ3) is 5.01. The first-order valence-electron chi connectivity index (χ1n) is 13.6. The van der Waals surface area contributed by atoms with Crippen molar-refractivity contribution in [1.29, 1.82) is 0 Å². The molecule has 42 heavy (non-hydrogen) atoms. The molecule has 9 heteroatoms. The average molecular weight is 561 g/mol. The van der Waals surface area contributed by atoms with Gasteiger partial charge in [-0.3, -0.25) is 14.8 Å². The molecular formula is C33H26F2N6O. The van der Waals surface area contributed by atoms with Crippen LogP contribution in [-0.2, 0) is 12.8 Å². The van der Waals surface area contributed by atoms with E-state index in [4.69, 9.17) is 9.97 Å². The van der Waals surface area contributed by atoms with Crippen molar-refractivity contribution >= 4 is 5.78 Å². The monoisotopic (exact) mass is 560 g/mol. The van der Waals surface area contributed by atoms with Gasteiger partial charge in [-0.2, -0.15) is 0 Å². The van der Waals surface area contributed by atoms with Crippen LogP contribution in [0.5, 0.6) is 0 Å². The Morgan fingerprint density at radius 2 is 1.05 bits per heavy atom. The highest BCUT2D eigenvalue weighted by atomic mass is 19.1. The van der Waals surface area contributed by atoms with Crippen molar-refractivity contribution in [2.75, 3.05) is 0 Å². The first kappa shape index (κ1) is 26.9. The van der Waals surface area contributed by atoms with Crippen molar-refractivity contribution in [2.24, 2.45) is 0 Å². The van der Waals surface area contributed by atoms with Crippen LogP contribution >= 0.6 is 0 Å². The number of imidazole rings is 2. The van der Waals surface area contributed by atoms with E-state index in [-0.39, 0.29) is 28.8 Å². The van der Waals surface area contributed by atoms with E-state index in [1.165, 1.54) is 24.3 Å². The molecule has 0 saturated heterocycles. The average Bonchev–Trinajstić information content (AvgIpc) is 3.66. The van der Waals surface area contributed by atoms with Crippen LogP contribution in [0.25, 0.3) is 45.3 Å². The summed E-state index contributed by atoms with van der Waals surface area (Å²) in [6, 6.07) is 19.3. The van der Waals surface area contributed by atoms with Gasteiger partial charge < -0.3 is 9.97 Å². The van der Waals surface area contributed by atoms with Crippen molar-refractivity contribution in [3.05, 3.63) is 120 Å². The Balaban J connectivity index is 1.43. The summed E-state index contributed by atoms with van der Waals surface area (Å²) >= 11 is 0. The summed E-state index contributed by atoms with van der Waals surface area (Å²) in [5.74, 6) is 0.101. The van der Waals surface area contributed by atoms with E-state index < -0.39 is 0 Å². The Bertz CT molecular complexity index is 1750. The zero-order valence-corrected chi connectivity index (χ0v) is 23.0. The summed E-state index contributed by atoms with van der Waals surface area (Å²) < 4.78 is 27.0. The molecule has 0 spiro atoms. The zero-order valence-electron chi connectivity index (χ0n) is 23.0. The zero-order chi connectivity index (χ0) is 29.2. The summed E-state index contributed by atoms with van der Waals surface area (Å²) in [6.45, 7) is 3.98. The molecule has 0 bridgehead atoms. The number of rotatable bonds is 8. The lowest BCUT2D eigenvalue weighted by Gasteiger charge is -2.10. The number of nitrogens with one attached hydrogen (secondary N) is 2. The second kappa shape index (κ2) is 11.3. The van der Waals surface area contributed by atoms with E-state index in [0.717, 1.165) is 22.5 Å². The van der Waals surface area contributed by atoms with Crippen molar-refractivity contribution in [1.82, 2.24) is 29.9 Å². The summed E-state index contributed by atoms with van der Waals surface area (Å²) in [7, 11) is 0. The number of nitrogens with zero attached hydrogens (tertiary/aromatic N) is 4. The number of hydrogen-bond acceptors (Lipinski definition) is 5. The van der Waals surface area contributed by atoms with Crippen molar-refractivity contribution in [3.63, 3.8) is 0 Å². The Morgan fingerprint density at radius 1 is 0.643 bits per heavy atom. The molecule has 0 unspecified atom stereocenters. The molecule has 0 aliphatic rings. The lowest BCUT2D eigenvalue weighted by atomic mass is 9.98. The minimum absolute atomic E-state index is 0.205. The third-order valence-corrected chi connectivity index (χ3v) is 7.06. The van der Waals surface area contributed by atoms with Crippen LogP contribution in [0, 0.1) is 11.6 Å². The predicted molar refractivity (Wildman–Crippen MR) is 157 cm³/mol. The molecule has 0 radical (unpaired) electrons. The van der Waals surface area contributed by atoms with Crippen LogP contribution < -0.4 is 0 Å². The van der Waals surface area contributed by atoms with Gasteiger partial charge in [0.1, 0.15) is 34.7 Å². The molecule has 4 heterocycles. The molecule has 0 aliphatic heterocycles. The summed E-state index contributed by atoms with van der Waals surface area (Å²) in [5, 5.41) is 0. The summed E-state index contributed by atoms with van der Waals surface area (Å²) in [4.78, 5) is 39.4. The van der Waals surface area contributed by atoms with Gasteiger partial charge in [-0.05, 0) is 85.6 Å². The number of ketones is 1. The number of H-pyrrole nitrogens is 2. The molecule has 2 aromatic carbocycles. The molecular weight excluding hydrogens is 534 g/mol. The van der Waals surface area contributed by atoms with Crippen LogP contribution in [0.2, 0.25) is 0 Å². The number of aromatic amines is 2. The molecule has 6 aromatic rings. The fraction of sp³-hybridized carbons (Fsp3) is 0.121. The lowest BCUT2D eigenvalue weighted by molar-refractivity contribution is 0.103. The largest absolute Gasteiger partial charge is 0.341 e. The molecule has 2 N–H and O–H groups in total. The molecule has 0 aliphatic carbocycles. The number of hydrogen-bond donors (Lipinski definition) is 2. The van der Waals surface area contributed by atoms with E-state index >= 15 is 0 Å². The van der Waals surface area contributed by atoms with Crippen LogP contribution in [-0.4, -0.2) is 35.7 Å². The number of aryl methyl sites for hydroxylation is 2. The molecule has 0 saturated carbocycles. The number of benzene rings is 2. The number of aromatic nitrogens is 6. The van der Waals surface area contributed by atoms with Crippen LogP contribution in [0.3, 0.4) is 0 Å². The number of carbonyl (C=O) groups excluding carboxylic acids is 1. The maximum absolute atomic E-state index is 14.2. The molecule has 0 amide bonds. The molecule has 7 nitrogen and oxygen atoms in total. The molecule has 4 aromatic heterocycles. The highest BCUT2D eigenvalue weighted by molar-refractivity contribution is 6.13. The van der Waals surface area contributed by atoms with E-state index in [2.05, 4.69) is 19.9 Å².